The van der Waals surface area contributed by atoms with Gasteiger partial charge in [0.1, 0.15) is 17.3 Å². The Kier molecular flexibility index (Phi) is 10.8. The Morgan fingerprint density at radius 2 is 1.11 bits per heavy atom. The highest BCUT2D eigenvalue weighted by Crippen LogP contribution is 2.37. The minimum atomic E-state index is -1.20. The molecule has 0 aliphatic heterocycles. The van der Waals surface area contributed by atoms with Crippen molar-refractivity contribution in [3.63, 3.8) is 0 Å². The second kappa shape index (κ2) is 16.8. The molecule has 0 spiro atoms. The molecule has 6 N–H and O–H groups in total. The fraction of sp³-hybridized carbons (Fsp3) is 0.0889. The summed E-state index contributed by atoms with van der Waals surface area (Å²) in [6.07, 6.45) is 0.135. The van der Waals surface area contributed by atoms with Gasteiger partial charge in [-0.1, -0.05) is 72.8 Å². The number of fused-ring (bicyclic) bond motifs is 4. The van der Waals surface area contributed by atoms with Crippen molar-refractivity contribution in [1.82, 2.24) is 20.6 Å². The average molecular weight is 814 g/mol. The van der Waals surface area contributed by atoms with Crippen molar-refractivity contribution in [2.45, 2.75) is 18.9 Å². The molecule has 2 aromatic heterocycles. The lowest BCUT2D eigenvalue weighted by atomic mass is 10.1. The molecule has 0 saturated heterocycles. The van der Waals surface area contributed by atoms with Gasteiger partial charge in [-0.3, -0.25) is 34.6 Å². The lowest BCUT2D eigenvalue weighted by molar-refractivity contribution is -0.385. The van der Waals surface area contributed by atoms with Crippen molar-refractivity contribution in [1.29, 1.82) is 0 Å². The van der Waals surface area contributed by atoms with Crippen molar-refractivity contribution >= 4 is 95.5 Å². The number of nitro groups is 2. The van der Waals surface area contributed by atoms with Gasteiger partial charge in [0.25, 0.3) is 23.2 Å². The number of pyridine rings is 2. The summed E-state index contributed by atoms with van der Waals surface area (Å²) in [6.45, 7) is -0.0190. The van der Waals surface area contributed by atoms with Crippen LogP contribution in [0.25, 0.3) is 43.6 Å². The summed E-state index contributed by atoms with van der Waals surface area (Å²) >= 11 is 0. The van der Waals surface area contributed by atoms with E-state index < -0.39 is 39.3 Å². The first-order valence-corrected chi connectivity index (χ1v) is 19.1. The zero-order valence-electron chi connectivity index (χ0n) is 32.1. The number of carbonyl (C=O) groups excluding carboxylic acids is 3. The van der Waals surface area contributed by atoms with Gasteiger partial charge in [-0.2, -0.15) is 0 Å². The van der Waals surface area contributed by atoms with Crippen LogP contribution >= 0.6 is 0 Å². The van der Waals surface area contributed by atoms with Gasteiger partial charge in [0.2, 0.25) is 5.91 Å². The van der Waals surface area contributed by atoms with E-state index in [9.17, 15) is 34.6 Å². The number of rotatable bonds is 14. The summed E-state index contributed by atoms with van der Waals surface area (Å²) in [4.78, 5) is 71.6. The molecule has 2 heterocycles. The first-order chi connectivity index (χ1) is 29.5. The maximum Gasteiger partial charge on any atom is 0.293 e. The van der Waals surface area contributed by atoms with E-state index in [4.69, 9.17) is 15.7 Å². The summed E-state index contributed by atoms with van der Waals surface area (Å²) in [5, 5.41) is 39.2. The zero-order chi connectivity index (χ0) is 42.6. The molecule has 8 aromatic rings. The Morgan fingerprint density at radius 3 is 1.62 bits per heavy atom. The fourth-order valence-electron chi connectivity index (χ4n) is 7.24. The number of aromatic nitrogens is 2. The molecule has 302 valence electrons. The summed E-state index contributed by atoms with van der Waals surface area (Å²) < 4.78 is 0. The topological polar surface area (TPSA) is 237 Å². The standard InChI is InChI=1S/C45H35N9O7/c46-43(55)38(52-44(56)26-19-22-37(40(24-26)54(60)61)51-42-30-12-3-7-16-35(30)50-36-17-8-4-13-31(36)42)18-9-23-47-45(57)32-21-20-27(25-39(32)53(58)59)48-41-28-10-1-5-14-33(28)49-34-15-6-2-11-29(34)41/h1-8,10-17,19-22,24-25,38H,9,18,23H2,(H2,46,55)(H,47,57)(H,48,49)(H,50,51)(H,52,56). The number of carbonyl (C=O) groups is 3. The third-order valence-electron chi connectivity index (χ3n) is 10.2. The zero-order valence-corrected chi connectivity index (χ0v) is 32.1. The highest BCUT2D eigenvalue weighted by molar-refractivity contribution is 6.10. The Morgan fingerprint density at radius 1 is 0.607 bits per heavy atom. The van der Waals surface area contributed by atoms with E-state index in [0.717, 1.165) is 38.6 Å². The van der Waals surface area contributed by atoms with Gasteiger partial charge in [0.05, 0.1) is 43.3 Å². The van der Waals surface area contributed by atoms with E-state index in [1.807, 2.05) is 97.1 Å². The smallest absolute Gasteiger partial charge is 0.293 e. The average Bonchev–Trinajstić information content (AvgIpc) is 3.26. The normalized spacial score (nSPS) is 11.6. The third kappa shape index (κ3) is 8.13. The summed E-state index contributed by atoms with van der Waals surface area (Å²) in [7, 11) is 0. The highest BCUT2D eigenvalue weighted by atomic mass is 16.6. The van der Waals surface area contributed by atoms with Crippen LogP contribution in [0.3, 0.4) is 0 Å². The van der Waals surface area contributed by atoms with Gasteiger partial charge >= 0.3 is 0 Å². The Labute approximate surface area is 346 Å². The van der Waals surface area contributed by atoms with Crippen LogP contribution in [0, 0.1) is 20.2 Å². The summed E-state index contributed by atoms with van der Waals surface area (Å²) in [5.41, 5.74) is 9.23. The lowest BCUT2D eigenvalue weighted by Crippen LogP contribution is -2.44. The van der Waals surface area contributed by atoms with E-state index in [1.165, 1.54) is 24.3 Å². The quantitative estimate of drug-likeness (QED) is 0.0304. The molecule has 61 heavy (non-hydrogen) atoms. The van der Waals surface area contributed by atoms with Crippen LogP contribution in [0.4, 0.5) is 34.1 Å². The second-order valence-corrected chi connectivity index (χ2v) is 14.1. The van der Waals surface area contributed by atoms with Crippen molar-refractivity contribution < 1.29 is 24.2 Å². The number of amides is 3. The first-order valence-electron chi connectivity index (χ1n) is 19.1. The molecule has 1 unspecified atom stereocenters. The maximum atomic E-state index is 13.3. The molecule has 0 radical (unpaired) electrons. The minimum Gasteiger partial charge on any atom is -0.368 e. The predicted molar refractivity (Wildman–Crippen MR) is 233 cm³/mol. The Hall–Kier alpha value is -8.53. The van der Waals surface area contributed by atoms with Crippen LogP contribution in [0.5, 0.6) is 0 Å². The van der Waals surface area contributed by atoms with Crippen molar-refractivity contribution in [2.75, 3.05) is 17.2 Å². The predicted octanol–water partition coefficient (Wildman–Crippen LogP) is 8.19. The van der Waals surface area contributed by atoms with E-state index in [2.05, 4.69) is 21.3 Å². The molecule has 16 nitrogen and oxygen atoms in total. The molecule has 1 atom stereocenters. The fourth-order valence-corrected chi connectivity index (χ4v) is 7.24. The number of nitrogens with two attached hydrogens (primary N) is 1. The van der Waals surface area contributed by atoms with E-state index >= 15 is 0 Å². The molecule has 16 heteroatoms. The molecule has 3 amide bonds. The Bertz CT molecular complexity index is 2980. The second-order valence-electron chi connectivity index (χ2n) is 14.1. The number of anilines is 4. The Balaban J connectivity index is 0.925. The number of nitrogens with one attached hydrogen (secondary N) is 4. The van der Waals surface area contributed by atoms with E-state index in [0.29, 0.717) is 28.1 Å². The number of nitrogens with zero attached hydrogens (tertiary/aromatic N) is 4. The van der Waals surface area contributed by atoms with Gasteiger partial charge in [-0.05, 0) is 61.4 Å². The summed E-state index contributed by atoms with van der Waals surface area (Å²) in [6, 6.07) is 36.7. The van der Waals surface area contributed by atoms with Crippen LogP contribution in [-0.2, 0) is 4.79 Å². The van der Waals surface area contributed by atoms with Gasteiger partial charge in [-0.25, -0.2) is 9.97 Å². The van der Waals surface area contributed by atoms with Crippen molar-refractivity contribution in [3.05, 3.63) is 165 Å². The molecule has 0 fully saturated rings. The van der Waals surface area contributed by atoms with Crippen molar-refractivity contribution in [3.8, 4) is 0 Å². The molecule has 0 aliphatic rings. The molecule has 6 aromatic carbocycles. The van der Waals surface area contributed by atoms with Crippen LogP contribution < -0.4 is 27.0 Å². The molecule has 8 rings (SSSR count). The van der Waals surface area contributed by atoms with Crippen LogP contribution in [-0.4, -0.2) is 50.1 Å². The highest BCUT2D eigenvalue weighted by Gasteiger charge is 2.25. The van der Waals surface area contributed by atoms with Gasteiger partial charge in [0.15, 0.2) is 0 Å². The first kappa shape index (κ1) is 39.3. The number of hydrogen-bond donors (Lipinski definition) is 5. The van der Waals surface area contributed by atoms with Gasteiger partial charge in [-0.15, -0.1) is 0 Å². The largest absolute Gasteiger partial charge is 0.368 e. The number of nitro benzene ring substituents is 2. The minimum absolute atomic E-state index is 0.00985. The van der Waals surface area contributed by atoms with Crippen LogP contribution in [0.15, 0.2) is 133 Å². The van der Waals surface area contributed by atoms with E-state index in [-0.39, 0.29) is 41.9 Å². The van der Waals surface area contributed by atoms with Crippen molar-refractivity contribution in [2.24, 2.45) is 5.73 Å². The van der Waals surface area contributed by atoms with E-state index in [1.54, 1.807) is 6.07 Å². The number of hydrogen-bond acceptors (Lipinski definition) is 11. The summed E-state index contributed by atoms with van der Waals surface area (Å²) in [5.74, 6) is -2.36. The lowest BCUT2D eigenvalue weighted by Gasteiger charge is -2.17. The van der Waals surface area contributed by atoms with Crippen LogP contribution in [0.2, 0.25) is 0 Å². The molecular weight excluding hydrogens is 779 g/mol. The monoisotopic (exact) mass is 813 g/mol. The molecule has 0 bridgehead atoms. The van der Waals surface area contributed by atoms with Crippen LogP contribution in [0.1, 0.15) is 33.6 Å². The number of para-hydroxylation sites is 4. The molecule has 0 aliphatic carbocycles. The number of benzene rings is 6. The third-order valence-corrected chi connectivity index (χ3v) is 10.2. The molecular formula is C45H35N9O7. The maximum absolute atomic E-state index is 13.3. The van der Waals surface area contributed by atoms with Gasteiger partial charge in [0, 0.05) is 51.5 Å². The number of primary amides is 1. The van der Waals surface area contributed by atoms with Gasteiger partial charge < -0.3 is 27.0 Å². The molecule has 0 saturated carbocycles. The SMILES string of the molecule is NC(=O)C(CCCNC(=O)c1ccc(Nc2c3ccccc3nc3ccccc23)cc1[N+](=O)[O-])NC(=O)c1ccc(Nc2c3ccccc3nc3ccccc23)c([N+](=O)[O-])c1.